The summed E-state index contributed by atoms with van der Waals surface area (Å²) in [5.41, 5.74) is 1.24. The minimum absolute atomic E-state index is 0.594. The Kier molecular flexibility index (Phi) is 5.13. The first-order chi connectivity index (χ1) is 8.63. The first kappa shape index (κ1) is 13.9. The monoisotopic (exact) mass is 326 g/mol. The lowest BCUT2D eigenvalue weighted by atomic mass is 10.1. The van der Waals surface area contributed by atoms with Gasteiger partial charge in [-0.25, -0.2) is 0 Å². The quantitative estimate of drug-likeness (QED) is 0.902. The number of hydrogen-bond acceptors (Lipinski definition) is 2. The van der Waals surface area contributed by atoms with Crippen molar-refractivity contribution in [3.05, 3.63) is 34.3 Å². The molecule has 1 heterocycles. The highest BCUT2D eigenvalue weighted by Gasteiger charge is 2.20. The number of benzene rings is 1. The molecular weight excluding hydrogens is 308 g/mol. The summed E-state index contributed by atoms with van der Waals surface area (Å²) < 4.78 is 1.12. The maximum Gasteiger partial charge on any atom is 0.157 e. The largest absolute Gasteiger partial charge is 0.361 e. The molecular formula is C14H19BrN2S. The molecule has 1 aromatic rings. The minimum Gasteiger partial charge on any atom is -0.361 e. The van der Waals surface area contributed by atoms with Crippen LogP contribution >= 0.6 is 27.7 Å². The smallest absolute Gasteiger partial charge is 0.157 e. The summed E-state index contributed by atoms with van der Waals surface area (Å²) in [5.74, 6) is 1.89. The van der Waals surface area contributed by atoms with E-state index in [-0.39, 0.29) is 0 Å². The SMILES string of the molecule is CC(C)CC1CSC(=NCc2cccc(Br)c2)N1. The number of nitrogens with one attached hydrogen (secondary N) is 1. The van der Waals surface area contributed by atoms with Gasteiger partial charge in [0, 0.05) is 16.3 Å². The Labute approximate surface area is 122 Å². The van der Waals surface area contributed by atoms with Crippen molar-refractivity contribution in [2.24, 2.45) is 10.9 Å². The molecule has 0 bridgehead atoms. The van der Waals surface area contributed by atoms with Crippen LogP contribution in [0, 0.1) is 5.92 Å². The Balaban J connectivity index is 1.88. The second-order valence-corrected chi connectivity index (χ2v) is 6.96. The van der Waals surface area contributed by atoms with Crippen LogP contribution in [0.3, 0.4) is 0 Å². The molecule has 1 aromatic carbocycles. The van der Waals surface area contributed by atoms with Crippen LogP contribution in [0.5, 0.6) is 0 Å². The fourth-order valence-electron chi connectivity index (χ4n) is 2.02. The molecule has 1 saturated heterocycles. The van der Waals surface area contributed by atoms with Crippen LogP contribution in [0.15, 0.2) is 33.7 Å². The molecule has 2 nitrogen and oxygen atoms in total. The van der Waals surface area contributed by atoms with Gasteiger partial charge in [-0.1, -0.05) is 53.7 Å². The molecule has 0 aromatic heterocycles. The normalized spacial score (nSPS) is 21.6. The van der Waals surface area contributed by atoms with Gasteiger partial charge in [-0.05, 0) is 30.0 Å². The molecule has 2 rings (SSSR count). The van der Waals surface area contributed by atoms with Crippen LogP contribution in [0.2, 0.25) is 0 Å². The number of aliphatic imine (C=N–C) groups is 1. The zero-order chi connectivity index (χ0) is 13.0. The molecule has 0 amide bonds. The Bertz CT molecular complexity index is 432. The van der Waals surface area contributed by atoms with Gasteiger partial charge in [0.2, 0.25) is 0 Å². The zero-order valence-electron chi connectivity index (χ0n) is 10.8. The highest BCUT2D eigenvalue weighted by Crippen LogP contribution is 2.20. The van der Waals surface area contributed by atoms with E-state index in [1.54, 1.807) is 0 Å². The Morgan fingerprint density at radius 1 is 1.50 bits per heavy atom. The van der Waals surface area contributed by atoms with Crippen LogP contribution in [0.25, 0.3) is 0 Å². The predicted octanol–water partition coefficient (Wildman–Crippen LogP) is 4.06. The van der Waals surface area contributed by atoms with Crippen molar-refractivity contribution in [3.8, 4) is 0 Å². The number of hydrogen-bond donors (Lipinski definition) is 1. The van der Waals surface area contributed by atoms with Crippen molar-refractivity contribution in [3.63, 3.8) is 0 Å². The van der Waals surface area contributed by atoms with E-state index in [1.807, 2.05) is 17.8 Å². The van der Waals surface area contributed by atoms with E-state index in [0.29, 0.717) is 6.04 Å². The van der Waals surface area contributed by atoms with Crippen molar-refractivity contribution in [1.82, 2.24) is 5.32 Å². The molecule has 0 saturated carbocycles. The van der Waals surface area contributed by atoms with Gasteiger partial charge in [-0.15, -0.1) is 0 Å². The summed E-state index contributed by atoms with van der Waals surface area (Å²) in [6.07, 6.45) is 1.23. The molecule has 0 radical (unpaired) electrons. The van der Waals surface area contributed by atoms with Gasteiger partial charge >= 0.3 is 0 Å². The van der Waals surface area contributed by atoms with E-state index in [1.165, 1.54) is 12.0 Å². The molecule has 18 heavy (non-hydrogen) atoms. The molecule has 1 aliphatic heterocycles. The van der Waals surface area contributed by atoms with Gasteiger partial charge in [0.1, 0.15) is 0 Å². The molecule has 1 atom stereocenters. The van der Waals surface area contributed by atoms with E-state index in [0.717, 1.165) is 27.9 Å². The van der Waals surface area contributed by atoms with Crippen molar-refractivity contribution in [2.45, 2.75) is 32.9 Å². The first-order valence-electron chi connectivity index (χ1n) is 6.31. The lowest BCUT2D eigenvalue weighted by Crippen LogP contribution is -2.28. The molecule has 4 heteroatoms. The topological polar surface area (TPSA) is 24.4 Å². The Morgan fingerprint density at radius 2 is 2.33 bits per heavy atom. The number of halogens is 1. The van der Waals surface area contributed by atoms with Crippen LogP contribution in [-0.4, -0.2) is 17.0 Å². The van der Waals surface area contributed by atoms with E-state index < -0.39 is 0 Å². The molecule has 1 unspecified atom stereocenters. The molecule has 1 aliphatic rings. The first-order valence-corrected chi connectivity index (χ1v) is 8.09. The summed E-state index contributed by atoms with van der Waals surface area (Å²) in [6.45, 7) is 5.29. The fourth-order valence-corrected chi connectivity index (χ4v) is 3.45. The lowest BCUT2D eigenvalue weighted by Gasteiger charge is -2.11. The summed E-state index contributed by atoms with van der Waals surface area (Å²) in [5, 5.41) is 4.61. The molecule has 98 valence electrons. The predicted molar refractivity (Wildman–Crippen MR) is 84.1 cm³/mol. The fraction of sp³-hybridized carbons (Fsp3) is 0.500. The summed E-state index contributed by atoms with van der Waals surface area (Å²) in [7, 11) is 0. The summed E-state index contributed by atoms with van der Waals surface area (Å²) in [6, 6.07) is 8.92. The molecule has 0 spiro atoms. The third-order valence-corrected chi connectivity index (χ3v) is 4.38. The third-order valence-electron chi connectivity index (χ3n) is 2.80. The lowest BCUT2D eigenvalue weighted by molar-refractivity contribution is 0.502. The maximum atomic E-state index is 4.64. The van der Waals surface area contributed by atoms with Gasteiger partial charge in [-0.3, -0.25) is 4.99 Å². The number of nitrogens with zero attached hydrogens (tertiary/aromatic N) is 1. The minimum atomic E-state index is 0.594. The maximum absolute atomic E-state index is 4.64. The number of rotatable bonds is 4. The molecule has 0 aliphatic carbocycles. The second-order valence-electron chi connectivity index (χ2n) is 5.03. The Morgan fingerprint density at radius 3 is 3.06 bits per heavy atom. The average molecular weight is 327 g/mol. The zero-order valence-corrected chi connectivity index (χ0v) is 13.2. The highest BCUT2D eigenvalue weighted by atomic mass is 79.9. The Hall–Kier alpha value is -0.480. The summed E-state index contributed by atoms with van der Waals surface area (Å²) in [4.78, 5) is 4.64. The second kappa shape index (κ2) is 6.62. The van der Waals surface area contributed by atoms with E-state index >= 15 is 0 Å². The van der Waals surface area contributed by atoms with Gasteiger partial charge in [-0.2, -0.15) is 0 Å². The van der Waals surface area contributed by atoms with Crippen LogP contribution in [0.1, 0.15) is 25.8 Å². The highest BCUT2D eigenvalue weighted by molar-refractivity contribution is 9.10. The number of amidine groups is 1. The van der Waals surface area contributed by atoms with E-state index in [9.17, 15) is 0 Å². The van der Waals surface area contributed by atoms with Gasteiger partial charge in [0.05, 0.1) is 6.54 Å². The van der Waals surface area contributed by atoms with Crippen LogP contribution in [-0.2, 0) is 6.54 Å². The standard InChI is InChI=1S/C14H19BrN2S/c1-10(2)6-13-9-18-14(17-13)16-8-11-4-3-5-12(15)7-11/h3-5,7,10,13H,6,8-9H2,1-2H3,(H,16,17). The average Bonchev–Trinajstić information content (AvgIpc) is 2.73. The van der Waals surface area contributed by atoms with Crippen molar-refractivity contribution in [2.75, 3.05) is 5.75 Å². The molecule has 1 fully saturated rings. The van der Waals surface area contributed by atoms with E-state index in [4.69, 9.17) is 0 Å². The van der Waals surface area contributed by atoms with Gasteiger partial charge in [0.15, 0.2) is 5.17 Å². The van der Waals surface area contributed by atoms with Crippen LogP contribution in [0.4, 0.5) is 0 Å². The van der Waals surface area contributed by atoms with Crippen molar-refractivity contribution >= 4 is 32.9 Å². The van der Waals surface area contributed by atoms with Crippen molar-refractivity contribution < 1.29 is 0 Å². The summed E-state index contributed by atoms with van der Waals surface area (Å²) >= 11 is 5.33. The van der Waals surface area contributed by atoms with Gasteiger partial charge in [0.25, 0.3) is 0 Å². The van der Waals surface area contributed by atoms with Gasteiger partial charge < -0.3 is 5.32 Å². The number of thioether (sulfide) groups is 1. The van der Waals surface area contributed by atoms with Crippen molar-refractivity contribution in [1.29, 1.82) is 0 Å². The third kappa shape index (κ3) is 4.32. The van der Waals surface area contributed by atoms with Crippen LogP contribution < -0.4 is 5.32 Å². The van der Waals surface area contributed by atoms with E-state index in [2.05, 4.69) is 58.3 Å². The molecule has 1 N–H and O–H groups in total.